The molecule has 10 rings (SSSR count). The highest BCUT2D eigenvalue weighted by molar-refractivity contribution is 8.00. The lowest BCUT2D eigenvalue weighted by Crippen LogP contribution is -2.48. The largest absolute Gasteiger partial charge is 0.508 e. The first-order chi connectivity index (χ1) is 49.8. The molecule has 4 aromatic rings. The number of aryl methyl sites for hydroxylation is 1. The monoisotopic (exact) mass is 1460 g/mol. The van der Waals surface area contributed by atoms with Crippen molar-refractivity contribution in [2.45, 2.75) is 196 Å². The average molecular weight is 1460 g/mol. The molecule has 10 N–H and O–H groups in total. The summed E-state index contributed by atoms with van der Waals surface area (Å²) in [6, 6.07) is 11.7. The first kappa shape index (κ1) is 77.6. The van der Waals surface area contributed by atoms with E-state index in [1.54, 1.807) is 41.8 Å². The van der Waals surface area contributed by atoms with Gasteiger partial charge in [0.25, 0.3) is 5.56 Å². The Balaban J connectivity index is 0.610. The van der Waals surface area contributed by atoms with Gasteiger partial charge in [0, 0.05) is 140 Å². The van der Waals surface area contributed by atoms with E-state index in [-0.39, 0.29) is 147 Å². The Kier molecular flexibility index (Phi) is 28.4. The van der Waals surface area contributed by atoms with Gasteiger partial charge in [0.2, 0.25) is 11.5 Å². The number of benzene rings is 2. The molecule has 8 atom stereocenters. The zero-order valence-electron chi connectivity index (χ0n) is 59.2. The van der Waals surface area contributed by atoms with Crippen LogP contribution in [0.2, 0.25) is 0 Å². The minimum absolute atomic E-state index is 0.0503. The maximum Gasteiger partial charge on any atom is 0.355 e. The normalized spacial score (nSPS) is 20.7. The lowest BCUT2D eigenvalue weighted by Gasteiger charge is -2.36. The molecule has 6 aliphatic rings. The van der Waals surface area contributed by atoms with Gasteiger partial charge in [0.15, 0.2) is 23.5 Å². The van der Waals surface area contributed by atoms with Crippen molar-refractivity contribution in [1.82, 2.24) is 30.8 Å². The number of ether oxygens (including phenoxy) is 6. The van der Waals surface area contributed by atoms with Gasteiger partial charge in [-0.15, -0.1) is 0 Å². The van der Waals surface area contributed by atoms with Crippen LogP contribution in [0.25, 0.3) is 22.3 Å². The fourth-order valence-electron chi connectivity index (χ4n) is 14.2. The number of rotatable bonds is 44. The second-order valence-electron chi connectivity index (χ2n) is 27.1. The third-order valence-electron chi connectivity index (χ3n) is 19.7. The van der Waals surface area contributed by atoms with Crippen molar-refractivity contribution >= 4 is 99.0 Å². The van der Waals surface area contributed by atoms with Gasteiger partial charge in [-0.25, -0.2) is 24.6 Å². The summed E-state index contributed by atoms with van der Waals surface area (Å²) in [6.45, 7) is 7.24. The molecule has 8 heterocycles. The Labute approximate surface area is 608 Å². The number of pyridine rings is 2. The van der Waals surface area contributed by atoms with Crippen LogP contribution in [-0.2, 0) is 77.6 Å². The van der Waals surface area contributed by atoms with E-state index in [4.69, 9.17) is 44.9 Å². The summed E-state index contributed by atoms with van der Waals surface area (Å²) < 4.78 is 36.0. The maximum absolute atomic E-state index is 14.2. The molecule has 3 amide bonds. The van der Waals surface area contributed by atoms with Gasteiger partial charge in [-0.1, -0.05) is 33.6 Å². The Morgan fingerprint density at radius 3 is 1.82 bits per heavy atom. The van der Waals surface area contributed by atoms with Crippen molar-refractivity contribution in [2.24, 2.45) is 27.4 Å². The van der Waals surface area contributed by atoms with Crippen molar-refractivity contribution in [2.75, 3.05) is 82.8 Å². The van der Waals surface area contributed by atoms with E-state index < -0.39 is 41.0 Å². The lowest BCUT2D eigenvalue weighted by molar-refractivity contribution is -0.191. The number of cyclic esters (lactones) is 1. The minimum Gasteiger partial charge on any atom is -0.508 e. The molecule has 0 saturated carbocycles. The number of urea groups is 1. The number of fused-ring (bicyclic) bond motifs is 7. The smallest absolute Gasteiger partial charge is 0.355 e. The van der Waals surface area contributed by atoms with Gasteiger partial charge >= 0.3 is 18.0 Å². The molecule has 29 heteroatoms. The Morgan fingerprint density at radius 2 is 1.24 bits per heavy atom. The summed E-state index contributed by atoms with van der Waals surface area (Å²) in [4.78, 5) is 134. The van der Waals surface area contributed by atoms with Crippen LogP contribution in [-0.4, -0.2) is 186 Å². The number of phenols is 1. The van der Waals surface area contributed by atoms with E-state index in [2.05, 4.69) is 36.6 Å². The van der Waals surface area contributed by atoms with E-state index >= 15 is 0 Å². The third-order valence-corrected chi connectivity index (χ3v) is 22.6. The van der Waals surface area contributed by atoms with E-state index in [1.807, 2.05) is 30.4 Å². The van der Waals surface area contributed by atoms with Crippen molar-refractivity contribution in [3.8, 4) is 17.1 Å². The van der Waals surface area contributed by atoms with Crippen LogP contribution in [0.3, 0.4) is 0 Å². The topological polar surface area (TPSA) is 384 Å². The Bertz CT molecular complexity index is 3760. The number of hydrogen-bond donors (Lipinski definition) is 8. The first-order valence-electron chi connectivity index (χ1n) is 36.4. The number of amides is 3. The van der Waals surface area contributed by atoms with Gasteiger partial charge in [0.1, 0.15) is 23.9 Å². The molecule has 2 saturated heterocycles. The number of nitrogens with one attached hydrogen (secondary N) is 5. The van der Waals surface area contributed by atoms with Crippen LogP contribution in [0, 0.1) is 5.92 Å². The van der Waals surface area contributed by atoms with Crippen LogP contribution >= 0.6 is 23.5 Å². The molecule has 0 spiro atoms. The number of thioether (sulfide) groups is 2. The van der Waals surface area contributed by atoms with Crippen LogP contribution in [0.1, 0.15) is 179 Å². The summed E-state index contributed by atoms with van der Waals surface area (Å²) in [7, 11) is 0. The standard InChI is InChI=1S/C74H99N11O16S2/c1-4-51-52-38-50(88)22-23-56(52)80-65-53(51)40-85-59(65)39-55-54(68(85)92)41-100-70(94)74(55,5-2)101-69(93)44(3)34-64(91)77-24-30-98-32-33-99-31-25-78-73(95)79-47-36-45(60(89)18-12-28-96-26-10-16-48(86)14-6-8-20-62-66-57(42-102-62)81-71(75)83-66)35-46(37-47)61(90)19-13-29-97-27-11-17-49(87)15-7-9-21-63-67-58(43-103-63)82-72(76)84-67/h22-23,35-39,44,57-58,62-63,66-67,88H,4-21,24-34,40-43H2,1-3H3,(H,77,91)(H3,75,81,83)(H3,76,82,84)(H2,78,79,95)/t44-,57+,58+,62+,63+,66+,67+,74+/m1/s1. The zero-order valence-corrected chi connectivity index (χ0v) is 60.9. The lowest BCUT2D eigenvalue weighted by atomic mass is 9.85. The number of carbonyl (C=O) groups is 8. The summed E-state index contributed by atoms with van der Waals surface area (Å²) in [6.07, 6.45) is 10.1. The molecule has 0 unspecified atom stereocenters. The molecular formula is C74H99N11O16S2. The van der Waals surface area contributed by atoms with Gasteiger partial charge in [0.05, 0.1) is 85.5 Å². The predicted octanol–water partition coefficient (Wildman–Crippen LogP) is 7.22. The maximum atomic E-state index is 14.2. The fourth-order valence-corrected chi connectivity index (χ4v) is 17.2. The van der Waals surface area contributed by atoms with Gasteiger partial charge in [-0.3, -0.25) is 33.6 Å². The van der Waals surface area contributed by atoms with E-state index in [9.17, 15) is 48.3 Å². The number of anilines is 1. The van der Waals surface area contributed by atoms with Crippen molar-refractivity contribution in [3.63, 3.8) is 0 Å². The first-order valence-corrected chi connectivity index (χ1v) is 38.5. The molecule has 558 valence electrons. The number of esters is 2. The van der Waals surface area contributed by atoms with Crippen LogP contribution < -0.4 is 43.6 Å². The van der Waals surface area contributed by atoms with Gasteiger partial charge in [-0.2, -0.15) is 23.5 Å². The number of ketones is 4. The number of nitrogens with zero attached hydrogens (tertiary/aromatic N) is 4. The summed E-state index contributed by atoms with van der Waals surface area (Å²) >= 11 is 3.84. The SMILES string of the molecule is CCc1c2c(nc3ccc(O)cc13)-c1cc3c(c(=O)n1C2)COC(=O)[C@@]3(CC)OC(=O)[C@H](C)CC(=O)NCCOCCOCCNC(=O)Nc1cc(C(=O)CCCOCCCC(=O)CCCC[C@@H]2SC[C@@H]3NC(N)=N[C@@H]32)cc(C(=O)CCCOCCCC(=O)CCCC[C@@H]2SC[C@@H]3NC(N)=N[C@@H]32)c1. The van der Waals surface area contributed by atoms with E-state index in [0.717, 1.165) is 66.5 Å². The van der Waals surface area contributed by atoms with Crippen molar-refractivity contribution < 1.29 is 71.9 Å². The molecule has 6 aliphatic heterocycles. The number of aliphatic imine (C=N–C) groups is 2. The van der Waals surface area contributed by atoms with E-state index in [0.29, 0.717) is 136 Å². The van der Waals surface area contributed by atoms with Gasteiger partial charge in [-0.05, 0) is 112 Å². The number of aromatic nitrogens is 2. The predicted molar refractivity (Wildman–Crippen MR) is 393 cm³/mol. The highest BCUT2D eigenvalue weighted by Gasteiger charge is 2.51. The summed E-state index contributed by atoms with van der Waals surface area (Å²) in [5.41, 5.74) is 13.9. The number of Topliss-reactive ketones (excluding diaryl/α,β-unsaturated/α-hetero) is 4. The molecule has 103 heavy (non-hydrogen) atoms. The number of unbranched alkanes of at least 4 members (excludes halogenated alkanes) is 2. The minimum atomic E-state index is -1.96. The Morgan fingerprint density at radius 1 is 0.689 bits per heavy atom. The number of guanidine groups is 2. The van der Waals surface area contributed by atoms with Crippen molar-refractivity contribution in [3.05, 3.63) is 86.2 Å². The molecule has 2 aromatic carbocycles. The highest BCUT2D eigenvalue weighted by Crippen LogP contribution is 2.44. The molecule has 2 aromatic heterocycles. The third kappa shape index (κ3) is 20.5. The summed E-state index contributed by atoms with van der Waals surface area (Å²) in [5.74, 6) is -0.0428. The van der Waals surface area contributed by atoms with E-state index in [1.165, 1.54) is 19.1 Å². The van der Waals surface area contributed by atoms with Crippen LogP contribution in [0.4, 0.5) is 10.5 Å². The molecule has 27 nitrogen and oxygen atoms in total. The molecule has 0 aliphatic carbocycles. The Hall–Kier alpha value is -7.96. The number of phenolic OH excluding ortho intramolecular Hbond substituents is 1. The number of hydrogen-bond acceptors (Lipinski definition) is 25. The zero-order chi connectivity index (χ0) is 73.0. The fraction of sp³-hybridized carbons (Fsp3) is 0.595. The highest BCUT2D eigenvalue weighted by atomic mass is 32.2. The second-order valence-corrected chi connectivity index (χ2v) is 29.7. The molecule has 0 radical (unpaired) electrons. The van der Waals surface area contributed by atoms with Crippen LogP contribution in [0.5, 0.6) is 5.75 Å². The second kappa shape index (κ2) is 37.7. The van der Waals surface area contributed by atoms with Crippen molar-refractivity contribution in [1.29, 1.82) is 0 Å². The molecule has 0 bridgehead atoms. The summed E-state index contributed by atoms with van der Waals surface area (Å²) in [5, 5.41) is 26.6. The molecule has 2 fully saturated rings. The number of carbonyl (C=O) groups excluding carboxylic acids is 8. The average Bonchev–Trinajstić information content (AvgIpc) is 1.63. The number of nitrogens with two attached hydrogens (primary N) is 2. The quantitative estimate of drug-likeness (QED) is 0.0108. The van der Waals surface area contributed by atoms with Gasteiger partial charge < -0.3 is 76.1 Å². The van der Waals surface area contributed by atoms with Crippen LogP contribution in [0.15, 0.2) is 57.2 Å². The number of aromatic hydroxyl groups is 1. The molecular weight excluding hydrogens is 1360 g/mol.